The maximum absolute atomic E-state index is 2.25. The van der Waals surface area contributed by atoms with E-state index >= 15 is 0 Å². The first-order valence-electron chi connectivity index (χ1n) is 2.23. The Morgan fingerprint density at radius 3 is 1.86 bits per heavy atom. The molecule has 2 nitrogen and oxygen atoms in total. The van der Waals surface area contributed by atoms with Crippen LogP contribution in [0.15, 0.2) is 12.2 Å². The summed E-state index contributed by atoms with van der Waals surface area (Å²) in [5.74, 6) is 0. The molecule has 2 N–H and O–H groups in total. The van der Waals surface area contributed by atoms with Gasteiger partial charge in [0.05, 0.1) is 0 Å². The van der Waals surface area contributed by atoms with Gasteiger partial charge in [0, 0.05) is 13.1 Å². The highest BCUT2D eigenvalue weighted by atomic mass is 16.0. The Morgan fingerprint density at radius 1 is 1.29 bits per heavy atom. The van der Waals surface area contributed by atoms with Gasteiger partial charge in [-0.25, -0.2) is 0 Å². The highest BCUT2D eigenvalue weighted by Crippen LogP contribution is 1.91. The maximum Gasteiger partial charge on any atom is 0.0163 e. The summed E-state index contributed by atoms with van der Waals surface area (Å²) in [6.07, 6.45) is 4.36. The van der Waals surface area contributed by atoms with E-state index in [9.17, 15) is 0 Å². The molecular formula is C5H11NO. The van der Waals surface area contributed by atoms with Crippen LogP contribution in [-0.4, -0.2) is 30.5 Å². The minimum Gasteiger partial charge on any atom is -0.412 e. The first kappa shape index (κ1) is 6.66. The van der Waals surface area contributed by atoms with Crippen LogP contribution in [0.3, 0.4) is 0 Å². The average Bonchev–Trinajstić information content (AvgIpc) is 1.86. The molecular weight excluding hydrogens is 90.1 g/mol. The van der Waals surface area contributed by atoms with E-state index in [-0.39, 0.29) is 5.48 Å². The Morgan fingerprint density at radius 2 is 1.71 bits per heavy atom. The van der Waals surface area contributed by atoms with E-state index < -0.39 is 0 Å². The van der Waals surface area contributed by atoms with Crippen LogP contribution in [0.2, 0.25) is 0 Å². The fraction of sp³-hybridized carbons (Fsp3) is 0.600. The van der Waals surface area contributed by atoms with Crippen molar-refractivity contribution in [3.05, 3.63) is 12.2 Å². The summed E-state index contributed by atoms with van der Waals surface area (Å²) in [6.45, 7) is 2.28. The van der Waals surface area contributed by atoms with Crippen molar-refractivity contribution < 1.29 is 5.48 Å². The van der Waals surface area contributed by atoms with E-state index in [2.05, 4.69) is 24.1 Å². The van der Waals surface area contributed by atoms with Crippen molar-refractivity contribution in [2.75, 3.05) is 20.1 Å². The Labute approximate surface area is 43.7 Å². The van der Waals surface area contributed by atoms with Crippen LogP contribution in [0.5, 0.6) is 0 Å². The SMILES string of the molecule is CN1CC=CC1.O. The molecule has 0 spiro atoms. The predicted molar refractivity (Wildman–Crippen MR) is 30.3 cm³/mol. The quantitative estimate of drug-likeness (QED) is 0.384. The average molecular weight is 101 g/mol. The van der Waals surface area contributed by atoms with Gasteiger partial charge in [-0.15, -0.1) is 0 Å². The van der Waals surface area contributed by atoms with Crippen LogP contribution in [0.25, 0.3) is 0 Å². The van der Waals surface area contributed by atoms with Gasteiger partial charge < -0.3 is 5.48 Å². The highest BCUT2D eigenvalue weighted by Gasteiger charge is 1.94. The first-order chi connectivity index (χ1) is 2.89. The van der Waals surface area contributed by atoms with E-state index in [0.717, 1.165) is 13.1 Å². The van der Waals surface area contributed by atoms with Gasteiger partial charge >= 0.3 is 0 Å². The van der Waals surface area contributed by atoms with Gasteiger partial charge in [0.1, 0.15) is 0 Å². The molecule has 0 saturated heterocycles. The number of likely N-dealkylation sites (N-methyl/N-ethyl adjacent to an activating group) is 1. The minimum atomic E-state index is 0. The van der Waals surface area contributed by atoms with E-state index in [1.165, 1.54) is 0 Å². The third-order valence-corrected chi connectivity index (χ3v) is 1.00. The van der Waals surface area contributed by atoms with Crippen molar-refractivity contribution in [2.45, 2.75) is 0 Å². The van der Waals surface area contributed by atoms with Crippen LogP contribution in [-0.2, 0) is 0 Å². The van der Waals surface area contributed by atoms with Crippen molar-refractivity contribution in [3.63, 3.8) is 0 Å². The summed E-state index contributed by atoms with van der Waals surface area (Å²) < 4.78 is 0. The van der Waals surface area contributed by atoms with Gasteiger partial charge in [-0.3, -0.25) is 4.90 Å². The second-order valence-electron chi connectivity index (χ2n) is 1.69. The van der Waals surface area contributed by atoms with Crippen LogP contribution in [0.4, 0.5) is 0 Å². The zero-order chi connectivity index (χ0) is 4.41. The van der Waals surface area contributed by atoms with Crippen LogP contribution >= 0.6 is 0 Å². The first-order valence-corrected chi connectivity index (χ1v) is 2.23. The van der Waals surface area contributed by atoms with Crippen molar-refractivity contribution in [1.82, 2.24) is 4.90 Å². The van der Waals surface area contributed by atoms with Gasteiger partial charge in [0.25, 0.3) is 0 Å². The molecule has 0 aromatic rings. The molecule has 0 aromatic carbocycles. The smallest absolute Gasteiger partial charge is 0.0163 e. The largest absolute Gasteiger partial charge is 0.412 e. The van der Waals surface area contributed by atoms with Crippen LogP contribution < -0.4 is 0 Å². The molecule has 0 unspecified atom stereocenters. The van der Waals surface area contributed by atoms with E-state index in [0.29, 0.717) is 0 Å². The lowest BCUT2D eigenvalue weighted by Crippen LogP contribution is -2.11. The summed E-state index contributed by atoms with van der Waals surface area (Å²) in [6, 6.07) is 0. The Kier molecular flexibility index (Phi) is 2.64. The zero-order valence-electron chi connectivity index (χ0n) is 4.52. The lowest BCUT2D eigenvalue weighted by Gasteiger charge is -2.01. The molecule has 0 aliphatic carbocycles. The summed E-state index contributed by atoms with van der Waals surface area (Å²) >= 11 is 0. The number of hydrogen-bond donors (Lipinski definition) is 0. The molecule has 0 atom stereocenters. The van der Waals surface area contributed by atoms with Gasteiger partial charge in [0.2, 0.25) is 0 Å². The highest BCUT2D eigenvalue weighted by molar-refractivity contribution is 4.93. The van der Waals surface area contributed by atoms with Gasteiger partial charge in [-0.2, -0.15) is 0 Å². The molecule has 0 radical (unpaired) electrons. The van der Waals surface area contributed by atoms with Crippen LogP contribution in [0.1, 0.15) is 0 Å². The molecule has 0 bridgehead atoms. The fourth-order valence-corrected chi connectivity index (χ4v) is 0.583. The zero-order valence-corrected chi connectivity index (χ0v) is 4.52. The maximum atomic E-state index is 2.25. The monoisotopic (exact) mass is 101 g/mol. The predicted octanol–water partition coefficient (Wildman–Crippen LogP) is -0.337. The lowest BCUT2D eigenvalue weighted by atomic mass is 10.6. The number of nitrogens with zero attached hydrogens (tertiary/aromatic N) is 1. The lowest BCUT2D eigenvalue weighted by molar-refractivity contribution is 0.435. The van der Waals surface area contributed by atoms with Crippen molar-refractivity contribution in [3.8, 4) is 0 Å². The van der Waals surface area contributed by atoms with Crippen molar-refractivity contribution >= 4 is 0 Å². The fourth-order valence-electron chi connectivity index (χ4n) is 0.583. The molecule has 1 rings (SSSR count). The Hall–Kier alpha value is -0.340. The van der Waals surface area contributed by atoms with Crippen LogP contribution in [0, 0.1) is 0 Å². The second kappa shape index (κ2) is 2.77. The van der Waals surface area contributed by atoms with Gasteiger partial charge in [-0.1, -0.05) is 12.2 Å². The summed E-state index contributed by atoms with van der Waals surface area (Å²) in [7, 11) is 2.11. The van der Waals surface area contributed by atoms with Crippen molar-refractivity contribution in [1.29, 1.82) is 0 Å². The number of hydrogen-bond acceptors (Lipinski definition) is 1. The van der Waals surface area contributed by atoms with E-state index in [4.69, 9.17) is 0 Å². The molecule has 0 aromatic heterocycles. The van der Waals surface area contributed by atoms with Gasteiger partial charge in [-0.05, 0) is 7.05 Å². The topological polar surface area (TPSA) is 34.7 Å². The van der Waals surface area contributed by atoms with E-state index in [1.54, 1.807) is 0 Å². The molecule has 1 heterocycles. The molecule has 1 aliphatic rings. The Balaban J connectivity index is 0.000000360. The molecule has 0 saturated carbocycles. The standard InChI is InChI=1S/C5H9N.H2O/c1-6-4-2-3-5-6;/h2-3H,4-5H2,1H3;1H2. The third kappa shape index (κ3) is 1.71. The number of rotatable bonds is 0. The molecule has 0 fully saturated rings. The van der Waals surface area contributed by atoms with E-state index in [1.807, 2.05) is 0 Å². The summed E-state index contributed by atoms with van der Waals surface area (Å²) in [4.78, 5) is 2.25. The van der Waals surface area contributed by atoms with Crippen molar-refractivity contribution in [2.24, 2.45) is 0 Å². The third-order valence-electron chi connectivity index (χ3n) is 1.00. The summed E-state index contributed by atoms with van der Waals surface area (Å²) in [5, 5.41) is 0. The molecule has 1 aliphatic heterocycles. The van der Waals surface area contributed by atoms with Gasteiger partial charge in [0.15, 0.2) is 0 Å². The molecule has 42 valence electrons. The molecule has 0 amide bonds. The second-order valence-corrected chi connectivity index (χ2v) is 1.69. The normalized spacial score (nSPS) is 19.6. The molecule has 7 heavy (non-hydrogen) atoms. The Bertz CT molecular complexity index is 62.5. The minimum absolute atomic E-state index is 0. The molecule has 2 heteroatoms. The summed E-state index contributed by atoms with van der Waals surface area (Å²) in [5.41, 5.74) is 0.